The summed E-state index contributed by atoms with van der Waals surface area (Å²) < 4.78 is 51.9. The predicted octanol–water partition coefficient (Wildman–Crippen LogP) is 3.06. The number of alkyl halides is 3. The van der Waals surface area contributed by atoms with Crippen LogP contribution in [0, 0.1) is 0 Å². The summed E-state index contributed by atoms with van der Waals surface area (Å²) in [5.74, 6) is 0.980. The van der Waals surface area contributed by atoms with Crippen molar-refractivity contribution in [3.05, 3.63) is 70.3 Å². The summed E-state index contributed by atoms with van der Waals surface area (Å²) in [6, 6.07) is 9.80. The van der Waals surface area contributed by atoms with Crippen LogP contribution in [0.4, 0.5) is 13.2 Å². The molecule has 0 spiro atoms. The van der Waals surface area contributed by atoms with E-state index >= 15 is 0 Å². The summed E-state index contributed by atoms with van der Waals surface area (Å²) >= 11 is 0. The summed E-state index contributed by atoms with van der Waals surface area (Å²) in [4.78, 5) is 17.1. The monoisotopic (exact) mass is 431 g/mol. The van der Waals surface area contributed by atoms with Crippen LogP contribution in [-0.2, 0) is 12.7 Å². The van der Waals surface area contributed by atoms with Gasteiger partial charge >= 0.3 is 6.18 Å². The van der Waals surface area contributed by atoms with Crippen molar-refractivity contribution in [2.75, 3.05) is 14.2 Å². The van der Waals surface area contributed by atoms with Crippen molar-refractivity contribution in [3.8, 4) is 17.2 Å². The maximum absolute atomic E-state index is 12.9. The Labute approximate surface area is 173 Å². The van der Waals surface area contributed by atoms with E-state index in [1.807, 2.05) is 0 Å². The SMILES string of the molecule is COc1ccc(-n2nnc3c(=O)n(Cc4cccc(C(F)(F)F)c4)cnc32)cc1OC. The smallest absolute Gasteiger partial charge is 0.416 e. The van der Waals surface area contributed by atoms with Crippen molar-refractivity contribution >= 4 is 11.2 Å². The summed E-state index contributed by atoms with van der Waals surface area (Å²) in [6.07, 6.45) is -3.21. The highest BCUT2D eigenvalue weighted by Gasteiger charge is 2.30. The van der Waals surface area contributed by atoms with Gasteiger partial charge in [0.1, 0.15) is 6.33 Å². The Morgan fingerprint density at radius 1 is 1.03 bits per heavy atom. The standard InChI is InChI=1S/C20H16F3N5O3/c1-30-15-7-6-14(9-16(15)31-2)28-18-17(25-26-28)19(29)27(11-24-18)10-12-4-3-5-13(8-12)20(21,22)23/h3-9,11H,10H2,1-2H3. The largest absolute Gasteiger partial charge is 0.493 e. The van der Waals surface area contributed by atoms with E-state index in [2.05, 4.69) is 15.3 Å². The zero-order valence-electron chi connectivity index (χ0n) is 16.4. The van der Waals surface area contributed by atoms with Crippen LogP contribution >= 0.6 is 0 Å². The van der Waals surface area contributed by atoms with Gasteiger partial charge < -0.3 is 9.47 Å². The van der Waals surface area contributed by atoms with Crippen LogP contribution in [0.3, 0.4) is 0 Å². The highest BCUT2D eigenvalue weighted by Crippen LogP contribution is 2.30. The number of nitrogens with zero attached hydrogens (tertiary/aromatic N) is 5. The lowest BCUT2D eigenvalue weighted by molar-refractivity contribution is -0.137. The van der Waals surface area contributed by atoms with Crippen LogP contribution in [0.15, 0.2) is 53.6 Å². The maximum atomic E-state index is 12.9. The van der Waals surface area contributed by atoms with Gasteiger partial charge in [0.2, 0.25) is 0 Å². The normalized spacial score (nSPS) is 11.6. The molecule has 2 aromatic carbocycles. The number of rotatable bonds is 5. The fraction of sp³-hybridized carbons (Fsp3) is 0.200. The summed E-state index contributed by atoms with van der Waals surface area (Å²) in [7, 11) is 3.00. The Kier molecular flexibility index (Phi) is 5.09. The van der Waals surface area contributed by atoms with Crippen LogP contribution < -0.4 is 15.0 Å². The van der Waals surface area contributed by atoms with Crippen molar-refractivity contribution in [2.24, 2.45) is 0 Å². The van der Waals surface area contributed by atoms with Crippen LogP contribution in [0.25, 0.3) is 16.9 Å². The molecule has 0 unspecified atom stereocenters. The molecule has 0 saturated heterocycles. The van der Waals surface area contributed by atoms with E-state index in [4.69, 9.17) is 9.47 Å². The van der Waals surface area contributed by atoms with Gasteiger partial charge in [0, 0.05) is 6.07 Å². The van der Waals surface area contributed by atoms with Crippen molar-refractivity contribution in [3.63, 3.8) is 0 Å². The second-order valence-electron chi connectivity index (χ2n) is 6.59. The fourth-order valence-corrected chi connectivity index (χ4v) is 3.13. The Bertz CT molecular complexity index is 1310. The third kappa shape index (κ3) is 3.81. The molecule has 8 nitrogen and oxygen atoms in total. The van der Waals surface area contributed by atoms with E-state index in [0.717, 1.165) is 12.1 Å². The number of fused-ring (bicyclic) bond motifs is 1. The van der Waals surface area contributed by atoms with Gasteiger partial charge in [-0.2, -0.15) is 17.9 Å². The zero-order valence-corrected chi connectivity index (χ0v) is 16.4. The average Bonchev–Trinajstić information content (AvgIpc) is 3.19. The second-order valence-corrected chi connectivity index (χ2v) is 6.59. The first kappa shape index (κ1) is 20.4. The first-order valence-electron chi connectivity index (χ1n) is 9.01. The molecule has 31 heavy (non-hydrogen) atoms. The van der Waals surface area contributed by atoms with Gasteiger partial charge in [0.05, 0.1) is 32.0 Å². The van der Waals surface area contributed by atoms with E-state index in [1.165, 1.54) is 41.9 Å². The number of halogens is 3. The Hall–Kier alpha value is -3.89. The minimum Gasteiger partial charge on any atom is -0.493 e. The van der Waals surface area contributed by atoms with Crippen molar-refractivity contribution in [2.45, 2.75) is 12.7 Å². The lowest BCUT2D eigenvalue weighted by Gasteiger charge is -2.10. The van der Waals surface area contributed by atoms with Gasteiger partial charge in [0.25, 0.3) is 5.56 Å². The van der Waals surface area contributed by atoms with E-state index in [1.54, 1.807) is 18.2 Å². The maximum Gasteiger partial charge on any atom is 0.416 e. The average molecular weight is 431 g/mol. The molecule has 0 aliphatic rings. The third-order valence-corrected chi connectivity index (χ3v) is 4.65. The molecule has 0 amide bonds. The molecule has 160 valence electrons. The van der Waals surface area contributed by atoms with Crippen LogP contribution in [0.1, 0.15) is 11.1 Å². The van der Waals surface area contributed by atoms with Crippen molar-refractivity contribution < 1.29 is 22.6 Å². The molecule has 11 heteroatoms. The van der Waals surface area contributed by atoms with E-state index in [-0.39, 0.29) is 17.7 Å². The molecule has 4 aromatic rings. The predicted molar refractivity (Wildman–Crippen MR) is 105 cm³/mol. The van der Waals surface area contributed by atoms with E-state index < -0.39 is 17.3 Å². The lowest BCUT2D eigenvalue weighted by Crippen LogP contribution is -2.21. The van der Waals surface area contributed by atoms with Gasteiger partial charge in [0.15, 0.2) is 22.7 Å². The first-order valence-corrected chi connectivity index (χ1v) is 9.01. The molecule has 0 atom stereocenters. The van der Waals surface area contributed by atoms with Gasteiger partial charge in [-0.3, -0.25) is 9.36 Å². The topological polar surface area (TPSA) is 84.1 Å². The van der Waals surface area contributed by atoms with E-state index in [0.29, 0.717) is 22.7 Å². The number of methoxy groups -OCH3 is 2. The van der Waals surface area contributed by atoms with Gasteiger partial charge in [-0.1, -0.05) is 17.3 Å². The van der Waals surface area contributed by atoms with Gasteiger partial charge in [-0.25, -0.2) is 4.98 Å². The molecule has 0 N–H and O–H groups in total. The molecule has 4 rings (SSSR count). The highest BCUT2D eigenvalue weighted by atomic mass is 19.4. The molecular formula is C20H16F3N5O3. The summed E-state index contributed by atoms with van der Waals surface area (Å²) in [5, 5.41) is 7.91. The number of hydrogen-bond acceptors (Lipinski definition) is 6. The molecule has 2 aromatic heterocycles. The minimum absolute atomic E-state index is 0.00994. The molecule has 0 fully saturated rings. The number of hydrogen-bond donors (Lipinski definition) is 0. The third-order valence-electron chi connectivity index (χ3n) is 4.65. The molecule has 0 aliphatic heterocycles. The molecular weight excluding hydrogens is 415 g/mol. The quantitative estimate of drug-likeness (QED) is 0.483. The summed E-state index contributed by atoms with van der Waals surface area (Å²) in [5.41, 5.74) is -0.254. The number of ether oxygens (including phenoxy) is 2. The zero-order chi connectivity index (χ0) is 22.2. The molecule has 0 aliphatic carbocycles. The van der Waals surface area contributed by atoms with Crippen LogP contribution in [0.5, 0.6) is 11.5 Å². The molecule has 0 radical (unpaired) electrons. The van der Waals surface area contributed by atoms with Gasteiger partial charge in [-0.05, 0) is 29.8 Å². The van der Waals surface area contributed by atoms with Crippen molar-refractivity contribution in [1.82, 2.24) is 24.5 Å². The van der Waals surface area contributed by atoms with Crippen LogP contribution in [0.2, 0.25) is 0 Å². The molecule has 0 saturated carbocycles. The van der Waals surface area contributed by atoms with E-state index in [9.17, 15) is 18.0 Å². The minimum atomic E-state index is -4.47. The lowest BCUT2D eigenvalue weighted by atomic mass is 10.1. The highest BCUT2D eigenvalue weighted by molar-refractivity contribution is 5.70. The van der Waals surface area contributed by atoms with Crippen molar-refractivity contribution in [1.29, 1.82) is 0 Å². The number of aromatic nitrogens is 5. The molecule has 2 heterocycles. The first-order chi connectivity index (χ1) is 14.8. The van der Waals surface area contributed by atoms with Crippen LogP contribution in [-0.4, -0.2) is 38.8 Å². The van der Waals surface area contributed by atoms with Gasteiger partial charge in [-0.15, -0.1) is 5.10 Å². The molecule has 0 bridgehead atoms. The number of benzene rings is 2. The fourth-order valence-electron chi connectivity index (χ4n) is 3.13. The Morgan fingerprint density at radius 2 is 1.81 bits per heavy atom. The summed E-state index contributed by atoms with van der Waals surface area (Å²) in [6.45, 7) is -0.0884. The second kappa shape index (κ2) is 7.74. The Morgan fingerprint density at radius 3 is 2.52 bits per heavy atom. The Balaban J connectivity index is 1.72.